The number of hydrogen-bond donors (Lipinski definition) is 1. The topological polar surface area (TPSA) is 44.8 Å². The predicted octanol–water partition coefficient (Wildman–Crippen LogP) is 3.14. The van der Waals surface area contributed by atoms with Crippen molar-refractivity contribution in [1.29, 1.82) is 0 Å². The molecule has 1 fully saturated rings. The molecular formula is C23H31N3O2. The van der Waals surface area contributed by atoms with E-state index in [1.807, 2.05) is 26.0 Å². The zero-order chi connectivity index (χ0) is 20.1. The van der Waals surface area contributed by atoms with Crippen molar-refractivity contribution in [2.24, 2.45) is 0 Å². The molecular weight excluding hydrogens is 350 g/mol. The van der Waals surface area contributed by atoms with Gasteiger partial charge in [0.2, 0.25) is 0 Å². The highest BCUT2D eigenvalue weighted by molar-refractivity contribution is 5.80. The molecule has 28 heavy (non-hydrogen) atoms. The molecule has 2 aromatic rings. The van der Waals surface area contributed by atoms with E-state index in [4.69, 9.17) is 4.74 Å². The fourth-order valence-electron chi connectivity index (χ4n) is 3.48. The van der Waals surface area contributed by atoms with Gasteiger partial charge in [-0.15, -0.1) is 0 Å². The third kappa shape index (κ3) is 5.49. The summed E-state index contributed by atoms with van der Waals surface area (Å²) in [6, 6.07) is 14.4. The van der Waals surface area contributed by atoms with Crippen LogP contribution in [0.5, 0.6) is 5.75 Å². The van der Waals surface area contributed by atoms with Crippen LogP contribution in [0.15, 0.2) is 42.5 Å². The molecule has 5 nitrogen and oxygen atoms in total. The number of nitrogens with zero attached hydrogens (tertiary/aromatic N) is 2. The maximum atomic E-state index is 12.4. The molecule has 0 bridgehead atoms. The van der Waals surface area contributed by atoms with E-state index in [9.17, 15) is 4.79 Å². The lowest BCUT2D eigenvalue weighted by Crippen LogP contribution is -2.44. The van der Waals surface area contributed by atoms with Gasteiger partial charge < -0.3 is 19.9 Å². The Kier molecular flexibility index (Phi) is 6.57. The molecule has 2 aromatic carbocycles. The minimum atomic E-state index is -0.536. The summed E-state index contributed by atoms with van der Waals surface area (Å²) in [6.45, 7) is 10.6. The standard InChI is InChI=1S/C23H31N3O2/c1-17-13-18(2)15-22(14-17)28-19(3)23(27)24-16-20-5-7-21(8-6-20)26-11-9-25(4)10-12-26/h5-8,13-15,19H,9-12,16H2,1-4H3,(H,24,27)/t19-/m0/s1. The second-order valence-electron chi connectivity index (χ2n) is 7.76. The minimum absolute atomic E-state index is 0.109. The monoisotopic (exact) mass is 381 g/mol. The highest BCUT2D eigenvalue weighted by atomic mass is 16.5. The second-order valence-corrected chi connectivity index (χ2v) is 7.76. The van der Waals surface area contributed by atoms with E-state index in [0.717, 1.165) is 48.6 Å². The zero-order valence-corrected chi connectivity index (χ0v) is 17.4. The molecule has 1 aliphatic heterocycles. The van der Waals surface area contributed by atoms with Crippen LogP contribution < -0.4 is 15.0 Å². The molecule has 1 heterocycles. The van der Waals surface area contributed by atoms with E-state index in [1.54, 1.807) is 6.92 Å². The first-order chi connectivity index (χ1) is 13.4. The van der Waals surface area contributed by atoms with E-state index >= 15 is 0 Å². The van der Waals surface area contributed by atoms with Crippen LogP contribution in [-0.2, 0) is 11.3 Å². The first kappa shape index (κ1) is 20.2. The summed E-state index contributed by atoms with van der Waals surface area (Å²) < 4.78 is 5.81. The molecule has 1 amide bonds. The summed E-state index contributed by atoms with van der Waals surface area (Å²) in [5.74, 6) is 0.624. The smallest absolute Gasteiger partial charge is 0.261 e. The Morgan fingerprint density at radius 1 is 1.04 bits per heavy atom. The third-order valence-corrected chi connectivity index (χ3v) is 5.15. The van der Waals surface area contributed by atoms with Crippen LogP contribution in [0.1, 0.15) is 23.6 Å². The number of rotatable bonds is 6. The SMILES string of the molecule is Cc1cc(C)cc(O[C@@H](C)C(=O)NCc2ccc(N3CCN(C)CC3)cc2)c1. The molecule has 3 rings (SSSR count). The van der Waals surface area contributed by atoms with Gasteiger partial charge in [-0.25, -0.2) is 0 Å². The number of likely N-dealkylation sites (N-methyl/N-ethyl adjacent to an activating group) is 1. The van der Waals surface area contributed by atoms with Crippen molar-refractivity contribution < 1.29 is 9.53 Å². The quantitative estimate of drug-likeness (QED) is 0.835. The Hall–Kier alpha value is -2.53. The molecule has 0 aromatic heterocycles. The van der Waals surface area contributed by atoms with Gasteiger partial charge in [0.15, 0.2) is 6.10 Å². The molecule has 0 saturated carbocycles. The number of amides is 1. The number of nitrogens with one attached hydrogen (secondary N) is 1. The van der Waals surface area contributed by atoms with Crippen molar-refractivity contribution in [1.82, 2.24) is 10.2 Å². The lowest BCUT2D eigenvalue weighted by Gasteiger charge is -2.34. The van der Waals surface area contributed by atoms with Crippen LogP contribution >= 0.6 is 0 Å². The van der Waals surface area contributed by atoms with Crippen LogP contribution in [0, 0.1) is 13.8 Å². The largest absolute Gasteiger partial charge is 0.481 e. The molecule has 150 valence electrons. The highest BCUT2D eigenvalue weighted by Crippen LogP contribution is 2.18. The van der Waals surface area contributed by atoms with Crippen LogP contribution in [-0.4, -0.2) is 50.1 Å². The fraction of sp³-hybridized carbons (Fsp3) is 0.435. The molecule has 1 atom stereocenters. The van der Waals surface area contributed by atoms with Crippen molar-refractivity contribution in [3.05, 3.63) is 59.2 Å². The predicted molar refractivity (Wildman–Crippen MR) is 114 cm³/mol. The number of ether oxygens (including phenoxy) is 1. The number of piperazine rings is 1. The number of carbonyl (C=O) groups is 1. The van der Waals surface area contributed by atoms with Gasteiger partial charge in [0, 0.05) is 38.4 Å². The Balaban J connectivity index is 1.49. The third-order valence-electron chi connectivity index (χ3n) is 5.15. The van der Waals surface area contributed by atoms with Gasteiger partial charge in [-0.1, -0.05) is 18.2 Å². The van der Waals surface area contributed by atoms with Crippen LogP contribution in [0.3, 0.4) is 0 Å². The summed E-state index contributed by atoms with van der Waals surface area (Å²) in [5, 5.41) is 2.97. The van der Waals surface area contributed by atoms with Gasteiger partial charge in [-0.3, -0.25) is 4.79 Å². The van der Waals surface area contributed by atoms with Crippen LogP contribution in [0.25, 0.3) is 0 Å². The summed E-state index contributed by atoms with van der Waals surface area (Å²) in [7, 11) is 2.16. The first-order valence-corrected chi connectivity index (χ1v) is 9.96. The lowest BCUT2D eigenvalue weighted by molar-refractivity contribution is -0.127. The van der Waals surface area contributed by atoms with Crippen molar-refractivity contribution >= 4 is 11.6 Å². The number of aryl methyl sites for hydroxylation is 2. The van der Waals surface area contributed by atoms with E-state index in [1.165, 1.54) is 5.69 Å². The molecule has 0 spiro atoms. The Morgan fingerprint density at radius 3 is 2.25 bits per heavy atom. The van der Waals surface area contributed by atoms with Crippen molar-refractivity contribution in [2.45, 2.75) is 33.4 Å². The average molecular weight is 382 g/mol. The Labute approximate surface area is 168 Å². The van der Waals surface area contributed by atoms with E-state index in [2.05, 4.69) is 52.5 Å². The van der Waals surface area contributed by atoms with Gasteiger partial charge in [-0.05, 0) is 68.8 Å². The highest BCUT2D eigenvalue weighted by Gasteiger charge is 2.16. The van der Waals surface area contributed by atoms with Gasteiger partial charge in [-0.2, -0.15) is 0 Å². The van der Waals surface area contributed by atoms with Crippen molar-refractivity contribution in [3.63, 3.8) is 0 Å². The normalized spacial score (nSPS) is 15.9. The van der Waals surface area contributed by atoms with Crippen molar-refractivity contribution in [2.75, 3.05) is 38.1 Å². The zero-order valence-electron chi connectivity index (χ0n) is 17.4. The van der Waals surface area contributed by atoms with E-state index in [-0.39, 0.29) is 5.91 Å². The maximum Gasteiger partial charge on any atom is 0.261 e. The van der Waals surface area contributed by atoms with E-state index < -0.39 is 6.10 Å². The fourth-order valence-corrected chi connectivity index (χ4v) is 3.48. The molecule has 0 aliphatic carbocycles. The molecule has 1 aliphatic rings. The van der Waals surface area contributed by atoms with Gasteiger partial charge >= 0.3 is 0 Å². The Morgan fingerprint density at radius 2 is 1.64 bits per heavy atom. The molecule has 0 radical (unpaired) electrons. The van der Waals surface area contributed by atoms with Gasteiger partial charge in [0.1, 0.15) is 5.75 Å². The van der Waals surface area contributed by atoms with Gasteiger partial charge in [0.25, 0.3) is 5.91 Å². The van der Waals surface area contributed by atoms with Gasteiger partial charge in [0.05, 0.1) is 0 Å². The lowest BCUT2D eigenvalue weighted by atomic mass is 10.1. The molecule has 0 unspecified atom stereocenters. The summed E-state index contributed by atoms with van der Waals surface area (Å²) in [6.07, 6.45) is -0.536. The van der Waals surface area contributed by atoms with Crippen LogP contribution in [0.2, 0.25) is 0 Å². The Bertz CT molecular complexity index is 776. The minimum Gasteiger partial charge on any atom is -0.481 e. The van der Waals surface area contributed by atoms with Crippen LogP contribution in [0.4, 0.5) is 5.69 Å². The number of carbonyl (C=O) groups excluding carboxylic acids is 1. The van der Waals surface area contributed by atoms with Crippen molar-refractivity contribution in [3.8, 4) is 5.75 Å². The summed E-state index contributed by atoms with van der Waals surface area (Å²) in [4.78, 5) is 17.1. The number of hydrogen-bond acceptors (Lipinski definition) is 4. The second kappa shape index (κ2) is 9.11. The summed E-state index contributed by atoms with van der Waals surface area (Å²) >= 11 is 0. The summed E-state index contributed by atoms with van der Waals surface area (Å²) in [5.41, 5.74) is 4.59. The first-order valence-electron chi connectivity index (χ1n) is 9.96. The number of anilines is 1. The average Bonchev–Trinajstić information content (AvgIpc) is 2.66. The maximum absolute atomic E-state index is 12.4. The molecule has 5 heteroatoms. The molecule has 1 N–H and O–H groups in total. The molecule has 1 saturated heterocycles. The number of benzene rings is 2. The van der Waals surface area contributed by atoms with E-state index in [0.29, 0.717) is 6.54 Å².